The van der Waals surface area contributed by atoms with Crippen LogP contribution in [0.3, 0.4) is 0 Å². The largest absolute Gasteiger partial charge is 0.420 e. The molecule has 0 amide bonds. The summed E-state index contributed by atoms with van der Waals surface area (Å²) in [5, 5.41) is 0. The smallest absolute Gasteiger partial charge is 0.211 e. The Morgan fingerprint density at radius 3 is 1.42 bits per heavy atom. The molecule has 0 rings (SSSR count). The molecule has 0 aliphatic heterocycles. The molecule has 0 N–H and O–H groups in total. The topological polar surface area (TPSA) is 29.4 Å². The van der Waals surface area contributed by atoms with Crippen molar-refractivity contribution in [1.29, 1.82) is 0 Å². The number of hydrogen-bond donors (Lipinski definition) is 0. The van der Waals surface area contributed by atoms with Gasteiger partial charge in [-0.1, -0.05) is 0 Å². The van der Waals surface area contributed by atoms with Crippen molar-refractivity contribution in [2.24, 2.45) is 4.99 Å². The fourth-order valence-corrected chi connectivity index (χ4v) is 0.385. The lowest BCUT2D eigenvalue weighted by atomic mass is 10.3. The first-order chi connectivity index (χ1) is 5.19. The van der Waals surface area contributed by atoms with Crippen LogP contribution in [0.4, 0.5) is 26.3 Å². The van der Waals surface area contributed by atoms with Crippen molar-refractivity contribution in [3.05, 3.63) is 0 Å². The van der Waals surface area contributed by atoms with Crippen molar-refractivity contribution < 1.29 is 31.1 Å². The highest BCUT2D eigenvalue weighted by molar-refractivity contribution is 5.34. The van der Waals surface area contributed by atoms with Gasteiger partial charge in [-0.3, -0.25) is 0 Å². The molecule has 0 saturated heterocycles. The van der Waals surface area contributed by atoms with Gasteiger partial charge in [0.05, 0.1) is 0 Å². The second kappa shape index (κ2) is 3.14. The van der Waals surface area contributed by atoms with Crippen molar-refractivity contribution in [3.63, 3.8) is 0 Å². The summed E-state index contributed by atoms with van der Waals surface area (Å²) < 4.78 is 68.5. The van der Waals surface area contributed by atoms with E-state index in [1.165, 1.54) is 0 Å². The van der Waals surface area contributed by atoms with Crippen molar-refractivity contribution in [2.45, 2.75) is 18.4 Å². The van der Waals surface area contributed by atoms with Gasteiger partial charge < -0.3 is 0 Å². The Morgan fingerprint density at radius 1 is 1.00 bits per heavy atom. The van der Waals surface area contributed by atoms with E-state index < -0.39 is 18.4 Å². The molecule has 70 valence electrons. The Balaban J connectivity index is 4.81. The molecule has 0 fully saturated rings. The van der Waals surface area contributed by atoms with Crippen LogP contribution in [0.2, 0.25) is 0 Å². The summed E-state index contributed by atoms with van der Waals surface area (Å²) >= 11 is 0. The molecule has 0 aromatic heterocycles. The zero-order chi connectivity index (χ0) is 9.99. The molecule has 8 heteroatoms. The Labute approximate surface area is 61.9 Å². The predicted octanol–water partition coefficient (Wildman–Crippen LogP) is 1.82. The van der Waals surface area contributed by atoms with Gasteiger partial charge in [0.25, 0.3) is 6.04 Å². The van der Waals surface area contributed by atoms with Crippen LogP contribution in [0.1, 0.15) is 0 Å². The van der Waals surface area contributed by atoms with Gasteiger partial charge in [0.2, 0.25) is 6.08 Å². The third-order valence-electron chi connectivity index (χ3n) is 0.802. The number of carbonyl (C=O) groups excluding carboxylic acids is 1. The molecule has 0 aliphatic rings. The molecule has 0 spiro atoms. The Morgan fingerprint density at radius 2 is 1.33 bits per heavy atom. The number of halogens is 6. The lowest BCUT2D eigenvalue weighted by molar-refractivity contribution is -0.247. The molecule has 0 saturated carbocycles. The van der Waals surface area contributed by atoms with E-state index in [9.17, 15) is 31.1 Å². The lowest BCUT2D eigenvalue weighted by Gasteiger charge is -2.16. The van der Waals surface area contributed by atoms with Crippen LogP contribution in [0.15, 0.2) is 4.99 Å². The van der Waals surface area contributed by atoms with Gasteiger partial charge in [-0.2, -0.15) is 31.3 Å². The number of hydrogen-bond acceptors (Lipinski definition) is 2. The maximum absolute atomic E-state index is 11.4. The molecular formula is C4HF6NO. The van der Waals surface area contributed by atoms with Crippen molar-refractivity contribution in [3.8, 4) is 0 Å². The summed E-state index contributed by atoms with van der Waals surface area (Å²) in [6, 6.07) is -3.97. The minimum atomic E-state index is -5.60. The third-order valence-corrected chi connectivity index (χ3v) is 0.802. The van der Waals surface area contributed by atoms with Crippen LogP contribution in [-0.4, -0.2) is 24.5 Å². The molecule has 2 nitrogen and oxygen atoms in total. The number of nitrogens with zero attached hydrogens (tertiary/aromatic N) is 1. The standard InChI is InChI=1S/C4HF6NO/c5-3(6,7)2(11-1-12)4(8,9)10/h2H. The average molecular weight is 193 g/mol. The van der Waals surface area contributed by atoms with E-state index >= 15 is 0 Å². The van der Waals surface area contributed by atoms with Crippen molar-refractivity contribution in [1.82, 2.24) is 0 Å². The van der Waals surface area contributed by atoms with Crippen LogP contribution in [-0.2, 0) is 4.79 Å². The summed E-state index contributed by atoms with van der Waals surface area (Å²) in [6.07, 6.45) is -11.0. The predicted molar refractivity (Wildman–Crippen MR) is 24.0 cm³/mol. The normalized spacial score (nSPS) is 12.9. The van der Waals surface area contributed by atoms with E-state index in [0.717, 1.165) is 0 Å². The monoisotopic (exact) mass is 193 g/mol. The summed E-state index contributed by atoms with van der Waals surface area (Å²) in [6.45, 7) is 0. The molecule has 0 heterocycles. The first-order valence-electron chi connectivity index (χ1n) is 2.40. The number of aliphatic imine (C=N–C) groups is 1. The number of alkyl halides is 6. The zero-order valence-corrected chi connectivity index (χ0v) is 5.20. The molecule has 0 aromatic rings. The van der Waals surface area contributed by atoms with Gasteiger partial charge in [0.15, 0.2) is 0 Å². The molecule has 0 bridgehead atoms. The Kier molecular flexibility index (Phi) is 2.87. The summed E-state index contributed by atoms with van der Waals surface area (Å²) in [4.78, 5) is 10.8. The van der Waals surface area contributed by atoms with E-state index in [-0.39, 0.29) is 6.08 Å². The van der Waals surface area contributed by atoms with Crippen molar-refractivity contribution in [2.75, 3.05) is 0 Å². The van der Waals surface area contributed by atoms with Gasteiger partial charge in [-0.05, 0) is 0 Å². The SMILES string of the molecule is O=C=NC(C(F)(F)F)C(F)(F)F. The summed E-state index contributed by atoms with van der Waals surface area (Å²) in [7, 11) is 0. The maximum Gasteiger partial charge on any atom is 0.420 e. The number of rotatable bonds is 1. The van der Waals surface area contributed by atoms with Gasteiger partial charge in [-0.25, -0.2) is 4.79 Å². The highest BCUT2D eigenvalue weighted by Gasteiger charge is 2.57. The molecular weight excluding hydrogens is 192 g/mol. The lowest BCUT2D eigenvalue weighted by Crippen LogP contribution is -2.40. The van der Waals surface area contributed by atoms with E-state index in [0.29, 0.717) is 0 Å². The van der Waals surface area contributed by atoms with Gasteiger partial charge in [0.1, 0.15) is 0 Å². The highest BCUT2D eigenvalue weighted by Crippen LogP contribution is 2.35. The van der Waals surface area contributed by atoms with Crippen LogP contribution in [0.25, 0.3) is 0 Å². The van der Waals surface area contributed by atoms with Gasteiger partial charge >= 0.3 is 12.4 Å². The second-order valence-electron chi connectivity index (χ2n) is 1.71. The van der Waals surface area contributed by atoms with Crippen LogP contribution >= 0.6 is 0 Å². The zero-order valence-electron chi connectivity index (χ0n) is 5.20. The fraction of sp³-hybridized carbons (Fsp3) is 0.750. The van der Waals surface area contributed by atoms with Crippen molar-refractivity contribution >= 4 is 6.08 Å². The number of isocyanates is 1. The molecule has 0 unspecified atom stereocenters. The minimum Gasteiger partial charge on any atom is -0.211 e. The molecule has 12 heavy (non-hydrogen) atoms. The van der Waals surface area contributed by atoms with Crippen LogP contribution in [0.5, 0.6) is 0 Å². The maximum atomic E-state index is 11.4. The fourth-order valence-electron chi connectivity index (χ4n) is 0.385. The Hall–Kier alpha value is -1.04. The summed E-state index contributed by atoms with van der Waals surface area (Å²) in [5.41, 5.74) is 0. The molecule has 0 aliphatic carbocycles. The van der Waals surface area contributed by atoms with Crippen LogP contribution < -0.4 is 0 Å². The van der Waals surface area contributed by atoms with Crippen LogP contribution in [0, 0.1) is 0 Å². The molecule has 0 atom stereocenters. The molecule has 0 aromatic carbocycles. The minimum absolute atomic E-state index is 0.216. The highest BCUT2D eigenvalue weighted by atomic mass is 19.4. The van der Waals surface area contributed by atoms with E-state index in [4.69, 9.17) is 0 Å². The Bertz CT molecular complexity index is 185. The summed E-state index contributed by atoms with van der Waals surface area (Å²) in [5.74, 6) is 0. The van der Waals surface area contributed by atoms with E-state index in [1.54, 1.807) is 4.99 Å². The molecule has 0 radical (unpaired) electrons. The van der Waals surface area contributed by atoms with Gasteiger partial charge in [-0.15, -0.1) is 0 Å². The first kappa shape index (κ1) is 11.0. The van der Waals surface area contributed by atoms with E-state index in [2.05, 4.69) is 0 Å². The van der Waals surface area contributed by atoms with E-state index in [1.807, 2.05) is 0 Å². The first-order valence-corrected chi connectivity index (χ1v) is 2.40. The average Bonchev–Trinajstić information content (AvgIpc) is 1.77. The third kappa shape index (κ3) is 2.91. The second-order valence-corrected chi connectivity index (χ2v) is 1.71. The van der Waals surface area contributed by atoms with Gasteiger partial charge in [0, 0.05) is 0 Å². The quantitative estimate of drug-likeness (QED) is 0.354.